The molecule has 0 spiro atoms. The van der Waals surface area contributed by atoms with E-state index in [2.05, 4.69) is 193 Å². The highest BCUT2D eigenvalue weighted by Gasteiger charge is 2.19. The van der Waals surface area contributed by atoms with Gasteiger partial charge in [-0.05, 0) is 57.8 Å². The van der Waals surface area contributed by atoms with Gasteiger partial charge in [-0.2, -0.15) is 0 Å². The number of benzene rings is 9. The van der Waals surface area contributed by atoms with Gasteiger partial charge in [0.25, 0.3) is 0 Å². The molecular weight excluding hydrogens is 749 g/mol. The molecule has 60 heavy (non-hydrogen) atoms. The predicted molar refractivity (Wildman–Crippen MR) is 252 cm³/mol. The lowest BCUT2D eigenvalue weighted by Crippen LogP contribution is -2.02. The van der Waals surface area contributed by atoms with E-state index in [1.165, 1.54) is 47.3 Å². The Morgan fingerprint density at radius 1 is 0.333 bits per heavy atom. The van der Waals surface area contributed by atoms with Crippen molar-refractivity contribution in [2.45, 2.75) is 0 Å². The summed E-state index contributed by atoms with van der Waals surface area (Å²) in [4.78, 5) is 15.5. The van der Waals surface area contributed by atoms with Crippen molar-refractivity contribution in [2.75, 3.05) is 0 Å². The van der Waals surface area contributed by atoms with Crippen LogP contribution in [-0.4, -0.2) is 19.5 Å². The summed E-state index contributed by atoms with van der Waals surface area (Å²) in [6.07, 6.45) is 0. The normalized spacial score (nSPS) is 11.7. The Bertz CT molecular complexity index is 3530. The second kappa shape index (κ2) is 14.0. The molecule has 12 rings (SSSR count). The first-order chi connectivity index (χ1) is 29.7. The first kappa shape index (κ1) is 34.3. The summed E-state index contributed by atoms with van der Waals surface area (Å²) in [6, 6.07) is 73.3. The van der Waals surface area contributed by atoms with E-state index in [9.17, 15) is 0 Å². The van der Waals surface area contributed by atoms with Gasteiger partial charge in [-0.1, -0.05) is 176 Å². The lowest BCUT2D eigenvalue weighted by Gasteiger charge is -2.16. The number of fused-ring (bicyclic) bond motifs is 8. The molecule has 3 heterocycles. The average molecular weight is 783 g/mol. The lowest BCUT2D eigenvalue weighted by molar-refractivity contribution is 1.07. The third kappa shape index (κ3) is 5.70. The zero-order valence-corrected chi connectivity index (χ0v) is 33.1. The smallest absolute Gasteiger partial charge is 0.164 e. The molecule has 0 saturated heterocycles. The molecule has 0 amide bonds. The zero-order valence-electron chi connectivity index (χ0n) is 32.3. The topological polar surface area (TPSA) is 43.6 Å². The number of hydrogen-bond donors (Lipinski definition) is 0. The van der Waals surface area contributed by atoms with E-state index in [4.69, 9.17) is 15.0 Å². The summed E-state index contributed by atoms with van der Waals surface area (Å²) < 4.78 is 5.02. The van der Waals surface area contributed by atoms with Crippen LogP contribution < -0.4 is 0 Å². The fraction of sp³-hybridized carbons (Fsp3) is 0. The number of thiophene rings is 1. The van der Waals surface area contributed by atoms with Crippen molar-refractivity contribution in [2.24, 2.45) is 0 Å². The van der Waals surface area contributed by atoms with E-state index in [-0.39, 0.29) is 0 Å². The second-order valence-corrected chi connectivity index (χ2v) is 16.2. The molecule has 3 aromatic heterocycles. The maximum Gasteiger partial charge on any atom is 0.164 e. The molecule has 12 aromatic rings. The Labute approximate surface area is 350 Å². The summed E-state index contributed by atoms with van der Waals surface area (Å²) in [7, 11) is 0. The number of rotatable bonds is 6. The molecule has 0 aliphatic carbocycles. The van der Waals surface area contributed by atoms with Crippen LogP contribution in [0.2, 0.25) is 0 Å². The van der Waals surface area contributed by atoms with Gasteiger partial charge < -0.3 is 4.57 Å². The fourth-order valence-electron chi connectivity index (χ4n) is 8.75. The van der Waals surface area contributed by atoms with E-state index in [1.807, 2.05) is 29.5 Å². The Kier molecular flexibility index (Phi) is 8.00. The number of nitrogens with zero attached hydrogens (tertiary/aromatic N) is 4. The second-order valence-electron chi connectivity index (χ2n) is 15.2. The molecule has 0 N–H and O–H groups in total. The van der Waals surface area contributed by atoms with Crippen LogP contribution in [0.3, 0.4) is 0 Å². The zero-order chi connectivity index (χ0) is 39.6. The number of para-hydroxylation sites is 2. The first-order valence-electron chi connectivity index (χ1n) is 20.2. The van der Waals surface area contributed by atoms with Gasteiger partial charge in [-0.25, -0.2) is 15.0 Å². The summed E-state index contributed by atoms with van der Waals surface area (Å²) in [5.74, 6) is 1.88. The van der Waals surface area contributed by atoms with Crippen LogP contribution >= 0.6 is 11.3 Å². The predicted octanol–water partition coefficient (Wildman–Crippen LogP) is 14.8. The highest BCUT2D eigenvalue weighted by Crippen LogP contribution is 2.41. The van der Waals surface area contributed by atoms with Gasteiger partial charge in [-0.3, -0.25) is 0 Å². The standard InChI is InChI=1S/C55H34N4S/c1-3-13-36(14-4-1)42-30-28-41(34-50(42)59-48-21-11-9-19-44(48)45-20-10-12-22-49(45)59)55-57-53(38-16-5-2-6-17-38)56-54(58-55)39-25-23-35(24-26-39)40-29-32-51-47(33-40)46-31-27-37-15-7-8-18-43(37)52(46)60-51/h1-34H. The Morgan fingerprint density at radius 2 is 0.867 bits per heavy atom. The van der Waals surface area contributed by atoms with Gasteiger partial charge in [0.1, 0.15) is 0 Å². The minimum atomic E-state index is 0.617. The minimum absolute atomic E-state index is 0.617. The summed E-state index contributed by atoms with van der Waals surface area (Å²) in [5.41, 5.74) is 10.7. The van der Waals surface area contributed by atoms with Gasteiger partial charge in [-0.15, -0.1) is 11.3 Å². The van der Waals surface area contributed by atoms with Crippen molar-refractivity contribution in [1.82, 2.24) is 19.5 Å². The van der Waals surface area contributed by atoms with E-state index < -0.39 is 0 Å². The van der Waals surface area contributed by atoms with E-state index in [1.54, 1.807) is 0 Å². The van der Waals surface area contributed by atoms with Gasteiger partial charge in [0, 0.05) is 53.2 Å². The molecule has 9 aromatic carbocycles. The molecule has 0 atom stereocenters. The molecule has 0 saturated carbocycles. The number of aromatic nitrogens is 4. The van der Waals surface area contributed by atoms with E-state index >= 15 is 0 Å². The Hall–Kier alpha value is -7.73. The van der Waals surface area contributed by atoms with Crippen molar-refractivity contribution in [3.63, 3.8) is 0 Å². The molecule has 280 valence electrons. The number of hydrogen-bond acceptors (Lipinski definition) is 4. The maximum atomic E-state index is 5.21. The van der Waals surface area contributed by atoms with Gasteiger partial charge in [0.15, 0.2) is 17.5 Å². The highest BCUT2D eigenvalue weighted by molar-refractivity contribution is 7.26. The van der Waals surface area contributed by atoms with Crippen LogP contribution in [-0.2, 0) is 0 Å². The van der Waals surface area contributed by atoms with Gasteiger partial charge in [0.2, 0.25) is 0 Å². The van der Waals surface area contributed by atoms with Crippen molar-refractivity contribution in [3.8, 4) is 62.1 Å². The summed E-state index contributed by atoms with van der Waals surface area (Å²) in [5, 5.41) is 7.60. The maximum absolute atomic E-state index is 5.21. The van der Waals surface area contributed by atoms with Crippen LogP contribution in [0, 0.1) is 0 Å². The van der Waals surface area contributed by atoms with Crippen molar-refractivity contribution < 1.29 is 0 Å². The molecule has 0 aliphatic rings. The van der Waals surface area contributed by atoms with Crippen LogP contribution in [0.4, 0.5) is 0 Å². The molecule has 5 heteroatoms. The highest BCUT2D eigenvalue weighted by atomic mass is 32.1. The average Bonchev–Trinajstić information content (AvgIpc) is 3.88. The van der Waals surface area contributed by atoms with Crippen LogP contribution in [0.5, 0.6) is 0 Å². The molecule has 0 bridgehead atoms. The third-order valence-corrected chi connectivity index (χ3v) is 12.9. The molecule has 0 aliphatic heterocycles. The third-order valence-electron chi connectivity index (χ3n) is 11.7. The van der Waals surface area contributed by atoms with Crippen molar-refractivity contribution in [1.29, 1.82) is 0 Å². The SMILES string of the molecule is c1ccc(-c2nc(-c3ccc(-c4ccc5sc6c7ccccc7ccc6c5c4)cc3)nc(-c3ccc(-c4ccccc4)c(-n4c5ccccc5c5ccccc54)c3)n2)cc1. The monoisotopic (exact) mass is 782 g/mol. The van der Waals surface area contributed by atoms with Gasteiger partial charge >= 0.3 is 0 Å². The first-order valence-corrected chi connectivity index (χ1v) is 21.0. The Morgan fingerprint density at radius 3 is 1.57 bits per heavy atom. The largest absolute Gasteiger partial charge is 0.309 e. The summed E-state index contributed by atoms with van der Waals surface area (Å²) in [6.45, 7) is 0. The van der Waals surface area contributed by atoms with Crippen LogP contribution in [0.15, 0.2) is 206 Å². The molecule has 0 unspecified atom stereocenters. The molecule has 0 radical (unpaired) electrons. The molecule has 4 nitrogen and oxygen atoms in total. The molecule has 0 fully saturated rings. The molecular formula is C55H34N4S. The van der Waals surface area contributed by atoms with Crippen LogP contribution in [0.1, 0.15) is 0 Å². The van der Waals surface area contributed by atoms with Gasteiger partial charge in [0.05, 0.1) is 16.7 Å². The van der Waals surface area contributed by atoms with E-state index in [0.717, 1.165) is 50.1 Å². The summed E-state index contributed by atoms with van der Waals surface area (Å²) >= 11 is 1.87. The minimum Gasteiger partial charge on any atom is -0.309 e. The lowest BCUT2D eigenvalue weighted by atomic mass is 10.00. The quantitative estimate of drug-likeness (QED) is 0.169. The van der Waals surface area contributed by atoms with E-state index in [0.29, 0.717) is 17.5 Å². The fourth-order valence-corrected chi connectivity index (χ4v) is 9.96. The van der Waals surface area contributed by atoms with Crippen LogP contribution in [0.25, 0.3) is 115 Å². The Balaban J connectivity index is 0.994. The van der Waals surface area contributed by atoms with Crippen molar-refractivity contribution in [3.05, 3.63) is 206 Å². The van der Waals surface area contributed by atoms with Crippen molar-refractivity contribution >= 4 is 64.1 Å².